The van der Waals surface area contributed by atoms with E-state index in [0.29, 0.717) is 5.96 Å². The van der Waals surface area contributed by atoms with Crippen molar-refractivity contribution in [3.63, 3.8) is 0 Å². The smallest absolute Gasteiger partial charge is 0.216 e. The summed E-state index contributed by atoms with van der Waals surface area (Å²) in [5.74, 6) is 0.341. The van der Waals surface area contributed by atoms with Crippen LogP contribution in [0.5, 0.6) is 0 Å². The molecule has 2 aromatic rings. The second-order valence-corrected chi connectivity index (χ2v) is 9.46. The number of aliphatic imine (C=N–C) groups is 2. The van der Waals surface area contributed by atoms with Crippen molar-refractivity contribution in [3.8, 4) is 0 Å². The summed E-state index contributed by atoms with van der Waals surface area (Å²) in [5, 5.41) is 0. The van der Waals surface area contributed by atoms with E-state index in [1.165, 1.54) is 43.6 Å². The van der Waals surface area contributed by atoms with Gasteiger partial charge in [-0.2, -0.15) is 0 Å². The van der Waals surface area contributed by atoms with Gasteiger partial charge in [-0.3, -0.25) is 9.80 Å². The van der Waals surface area contributed by atoms with Crippen molar-refractivity contribution in [3.05, 3.63) is 47.5 Å². The predicted molar refractivity (Wildman–Crippen MR) is 129 cm³/mol. The van der Waals surface area contributed by atoms with Crippen LogP contribution in [-0.4, -0.2) is 70.3 Å². The van der Waals surface area contributed by atoms with E-state index < -0.39 is 5.54 Å². The number of fused-ring (bicyclic) bond motifs is 1. The number of likely N-dealkylation sites (tertiary alicyclic amines) is 1. The molecule has 0 saturated carbocycles. The molecule has 1 aromatic carbocycles. The number of aromatic nitrogens is 2. The lowest BCUT2D eigenvalue weighted by Gasteiger charge is -2.47. The van der Waals surface area contributed by atoms with Crippen LogP contribution in [0.15, 0.2) is 40.6 Å². The molecule has 3 aliphatic rings. The zero-order chi connectivity index (χ0) is 22.1. The molecule has 32 heavy (non-hydrogen) atoms. The van der Waals surface area contributed by atoms with E-state index in [4.69, 9.17) is 10.7 Å². The second kappa shape index (κ2) is 8.67. The molecule has 4 heterocycles. The summed E-state index contributed by atoms with van der Waals surface area (Å²) in [6.07, 6.45) is 8.53. The van der Waals surface area contributed by atoms with Crippen LogP contribution in [0.2, 0.25) is 0 Å². The summed E-state index contributed by atoms with van der Waals surface area (Å²) < 4.78 is 0. The lowest BCUT2D eigenvalue weighted by molar-refractivity contribution is 0.142. The molecule has 0 aliphatic carbocycles. The highest BCUT2D eigenvalue weighted by Gasteiger charge is 2.43. The molecule has 170 valence electrons. The largest absolute Gasteiger partial charge is 0.368 e. The topological polar surface area (TPSA) is 89.1 Å². The molecule has 0 radical (unpaired) electrons. The van der Waals surface area contributed by atoms with E-state index >= 15 is 0 Å². The number of aromatic amines is 1. The third kappa shape index (κ3) is 4.04. The maximum absolute atomic E-state index is 6.06. The second-order valence-electron chi connectivity index (χ2n) is 9.46. The quantitative estimate of drug-likeness (QED) is 0.754. The van der Waals surface area contributed by atoms with Crippen LogP contribution in [-0.2, 0) is 19.5 Å². The number of H-pyrrole nitrogens is 1. The van der Waals surface area contributed by atoms with Crippen LogP contribution in [0.1, 0.15) is 43.1 Å². The lowest BCUT2D eigenvalue weighted by Crippen LogP contribution is -2.62. The summed E-state index contributed by atoms with van der Waals surface area (Å²) in [6, 6.07) is 8.96. The first-order valence-corrected chi connectivity index (χ1v) is 11.7. The molecule has 0 spiro atoms. The van der Waals surface area contributed by atoms with Gasteiger partial charge >= 0.3 is 0 Å². The van der Waals surface area contributed by atoms with Gasteiger partial charge in [-0.05, 0) is 50.6 Å². The Kier molecular flexibility index (Phi) is 5.73. The van der Waals surface area contributed by atoms with Crippen molar-refractivity contribution in [1.29, 1.82) is 0 Å². The molecule has 0 amide bonds. The number of nitrogens with two attached hydrogens (primary N) is 1. The zero-order valence-corrected chi connectivity index (χ0v) is 19.2. The van der Waals surface area contributed by atoms with Crippen LogP contribution < -0.4 is 10.6 Å². The molecule has 1 fully saturated rings. The highest BCUT2D eigenvalue weighted by molar-refractivity contribution is 5.93. The summed E-state index contributed by atoms with van der Waals surface area (Å²) in [5.41, 5.74) is 10.5. The first-order valence-electron chi connectivity index (χ1n) is 11.7. The Morgan fingerprint density at radius 2 is 1.94 bits per heavy atom. The molecule has 1 saturated heterocycles. The number of hydrogen-bond acceptors (Lipinski definition) is 7. The number of nitrogens with one attached hydrogen (secondary N) is 1. The number of rotatable bonds is 5. The van der Waals surface area contributed by atoms with Crippen LogP contribution in [0.4, 0.5) is 5.69 Å². The van der Waals surface area contributed by atoms with Gasteiger partial charge in [0, 0.05) is 45.0 Å². The number of hydrogen-bond donors (Lipinski definition) is 2. The van der Waals surface area contributed by atoms with Gasteiger partial charge in [0.1, 0.15) is 11.7 Å². The monoisotopic (exact) mass is 434 g/mol. The average Bonchev–Trinajstić information content (AvgIpc) is 3.29. The van der Waals surface area contributed by atoms with E-state index in [1.807, 2.05) is 6.21 Å². The van der Waals surface area contributed by atoms with Crippen LogP contribution in [0.3, 0.4) is 0 Å². The third-order valence-corrected chi connectivity index (χ3v) is 7.29. The van der Waals surface area contributed by atoms with Gasteiger partial charge in [0.05, 0.1) is 17.7 Å². The molecule has 2 atom stereocenters. The van der Waals surface area contributed by atoms with E-state index in [2.05, 4.69) is 67.9 Å². The van der Waals surface area contributed by atoms with Gasteiger partial charge in [-0.1, -0.05) is 18.6 Å². The third-order valence-electron chi connectivity index (χ3n) is 7.29. The summed E-state index contributed by atoms with van der Waals surface area (Å²) >= 11 is 0. The minimum absolute atomic E-state index is 0.130. The van der Waals surface area contributed by atoms with Crippen molar-refractivity contribution < 1.29 is 0 Å². The Hall–Kier alpha value is -2.71. The Balaban J connectivity index is 1.35. The Bertz CT molecular complexity index is 988. The minimum atomic E-state index is -0.422. The fourth-order valence-electron chi connectivity index (χ4n) is 5.18. The van der Waals surface area contributed by atoms with Crippen molar-refractivity contribution in [2.45, 2.75) is 57.4 Å². The SMILES string of the molecule is CN(c1ccc(CN2CCCCC2)cc1)C1(C)C=NC(N)=NC1N1CCc2nc[nH]c2C1. The van der Waals surface area contributed by atoms with Crippen molar-refractivity contribution >= 4 is 17.9 Å². The number of anilines is 1. The average molecular weight is 435 g/mol. The van der Waals surface area contributed by atoms with Crippen molar-refractivity contribution in [2.24, 2.45) is 15.7 Å². The van der Waals surface area contributed by atoms with Gasteiger partial charge < -0.3 is 15.6 Å². The number of piperidine rings is 1. The zero-order valence-electron chi connectivity index (χ0n) is 19.2. The molecule has 1 aromatic heterocycles. The van der Waals surface area contributed by atoms with Crippen molar-refractivity contribution in [2.75, 3.05) is 31.6 Å². The molecule has 5 rings (SSSR count). The number of guanidine groups is 1. The summed E-state index contributed by atoms with van der Waals surface area (Å²) in [4.78, 5) is 24.1. The number of likely N-dealkylation sites (N-methyl/N-ethyl adjacent to an activating group) is 1. The van der Waals surface area contributed by atoms with Gasteiger partial charge in [0.15, 0.2) is 0 Å². The van der Waals surface area contributed by atoms with Crippen molar-refractivity contribution in [1.82, 2.24) is 19.8 Å². The van der Waals surface area contributed by atoms with E-state index in [-0.39, 0.29) is 6.17 Å². The predicted octanol–water partition coefficient (Wildman–Crippen LogP) is 2.37. The number of nitrogens with zero attached hydrogens (tertiary/aromatic N) is 6. The number of imidazole rings is 1. The summed E-state index contributed by atoms with van der Waals surface area (Å²) in [6.45, 7) is 7.33. The van der Waals surface area contributed by atoms with Gasteiger partial charge in [-0.25, -0.2) is 15.0 Å². The van der Waals surface area contributed by atoms with E-state index in [9.17, 15) is 0 Å². The fraction of sp³-hybridized carbons (Fsp3) is 0.542. The first-order chi connectivity index (χ1) is 15.5. The van der Waals surface area contributed by atoms with Crippen LogP contribution in [0.25, 0.3) is 0 Å². The van der Waals surface area contributed by atoms with Gasteiger partial charge in [0.2, 0.25) is 5.96 Å². The highest BCUT2D eigenvalue weighted by atomic mass is 15.4. The van der Waals surface area contributed by atoms with E-state index in [0.717, 1.165) is 37.4 Å². The molecule has 2 unspecified atom stereocenters. The maximum atomic E-state index is 6.06. The first kappa shape index (κ1) is 21.2. The molecule has 8 nitrogen and oxygen atoms in total. The minimum Gasteiger partial charge on any atom is -0.368 e. The molecule has 3 aliphatic heterocycles. The normalized spacial score (nSPS) is 26.6. The molecular weight excluding hydrogens is 400 g/mol. The van der Waals surface area contributed by atoms with Gasteiger partial charge in [-0.15, -0.1) is 0 Å². The molecular formula is C24H34N8. The number of benzene rings is 1. The van der Waals surface area contributed by atoms with Crippen LogP contribution >= 0.6 is 0 Å². The molecule has 8 heteroatoms. The molecule has 0 bridgehead atoms. The fourth-order valence-corrected chi connectivity index (χ4v) is 5.18. The standard InChI is InChI=1S/C24H34N8/c1-24(30(2)19-8-6-18(7-9-19)14-31-11-4-3-5-12-31)16-26-23(25)29-22(24)32-13-10-20-21(15-32)28-17-27-20/h6-9,16-17,22H,3-5,10-15H2,1-2H3,(H2,25,29)(H,27,28). The summed E-state index contributed by atoms with van der Waals surface area (Å²) in [7, 11) is 2.13. The highest BCUT2D eigenvalue weighted by Crippen LogP contribution is 2.32. The Morgan fingerprint density at radius 1 is 1.16 bits per heavy atom. The lowest BCUT2D eigenvalue weighted by atomic mass is 9.93. The van der Waals surface area contributed by atoms with Crippen LogP contribution in [0, 0.1) is 0 Å². The Labute approximate surface area is 190 Å². The Morgan fingerprint density at radius 3 is 2.72 bits per heavy atom. The van der Waals surface area contributed by atoms with E-state index in [1.54, 1.807) is 6.33 Å². The molecule has 3 N–H and O–H groups in total. The van der Waals surface area contributed by atoms with Gasteiger partial charge in [0.25, 0.3) is 0 Å². The maximum Gasteiger partial charge on any atom is 0.216 e.